The molecule has 0 aliphatic heterocycles. The molecule has 19 heteroatoms. The van der Waals surface area contributed by atoms with Crippen molar-refractivity contribution in [2.75, 3.05) is 30.5 Å². The molecule has 0 bridgehead atoms. The van der Waals surface area contributed by atoms with Crippen LogP contribution < -0.4 is 15.0 Å². The standard InChI is InChI=1S/C54H57ClN8O9S/c1-7-11-47-56-44(49(52(67)69-8-2)63(47)30-35-14-20-37(21-15-35)41-12-9-10-13-42(41)50-58-60-61-59-50)33-73-40-26-27-43(45(29-40)62(6)53(68)72-54(3,4)5)57-48(64)32-70-39-24-18-34(19-25-39)28-46(51(65)66)71-31-36-16-22-38(55)23-17-36/h9-10,12-27,29,46H,7-8,11,28,30-33H2,1-6H3,(H,57,64)(H,65,66)(H,58,59,60,61). The lowest BCUT2D eigenvalue weighted by molar-refractivity contribution is -0.151. The van der Waals surface area contributed by atoms with E-state index in [1.165, 1.54) is 16.7 Å². The van der Waals surface area contributed by atoms with Gasteiger partial charge in [0, 0.05) is 47.7 Å². The summed E-state index contributed by atoms with van der Waals surface area (Å²) in [6.07, 6.45) is -0.207. The van der Waals surface area contributed by atoms with Crippen LogP contribution in [0.25, 0.3) is 22.5 Å². The number of hydrogen-bond donors (Lipinski definition) is 3. The van der Waals surface area contributed by atoms with Crippen LogP contribution >= 0.6 is 23.4 Å². The molecule has 2 heterocycles. The zero-order chi connectivity index (χ0) is 52.1. The maximum Gasteiger partial charge on any atom is 0.414 e. The maximum atomic E-state index is 13.8. The van der Waals surface area contributed by atoms with Crippen LogP contribution in [-0.2, 0) is 55.5 Å². The number of thioether (sulfide) groups is 1. The van der Waals surface area contributed by atoms with Crippen molar-refractivity contribution in [3.8, 4) is 28.3 Å². The van der Waals surface area contributed by atoms with E-state index in [0.29, 0.717) is 57.9 Å². The Morgan fingerprint density at radius 1 is 0.890 bits per heavy atom. The minimum absolute atomic E-state index is 0.104. The number of anilines is 2. The fourth-order valence-electron chi connectivity index (χ4n) is 7.68. The van der Waals surface area contributed by atoms with Gasteiger partial charge in [-0.2, -0.15) is 5.21 Å². The third-order valence-electron chi connectivity index (χ3n) is 11.2. The summed E-state index contributed by atoms with van der Waals surface area (Å²) in [5.41, 5.74) is 5.99. The third-order valence-corrected chi connectivity index (χ3v) is 12.4. The number of amides is 2. The molecule has 0 spiro atoms. The van der Waals surface area contributed by atoms with Gasteiger partial charge in [-0.05, 0) is 110 Å². The molecule has 73 heavy (non-hydrogen) atoms. The molecule has 3 N–H and O–H groups in total. The Labute approximate surface area is 432 Å². The topological polar surface area (TPSA) is 213 Å². The highest BCUT2D eigenvalue weighted by molar-refractivity contribution is 7.98. The lowest BCUT2D eigenvalue weighted by Gasteiger charge is -2.26. The van der Waals surface area contributed by atoms with Gasteiger partial charge < -0.3 is 33.9 Å². The number of nitrogens with one attached hydrogen (secondary N) is 2. The number of carboxylic acids is 1. The van der Waals surface area contributed by atoms with Crippen LogP contribution in [0.3, 0.4) is 0 Å². The lowest BCUT2D eigenvalue weighted by Crippen LogP contribution is -2.34. The van der Waals surface area contributed by atoms with Gasteiger partial charge in [-0.1, -0.05) is 91.3 Å². The summed E-state index contributed by atoms with van der Waals surface area (Å²) in [7, 11) is 1.56. The van der Waals surface area contributed by atoms with Gasteiger partial charge in [-0.25, -0.2) is 19.4 Å². The number of aromatic amines is 1. The molecule has 0 aliphatic carbocycles. The van der Waals surface area contributed by atoms with Crippen molar-refractivity contribution in [1.82, 2.24) is 30.2 Å². The minimum atomic E-state index is -1.10. The Morgan fingerprint density at radius 3 is 2.25 bits per heavy atom. The van der Waals surface area contributed by atoms with Gasteiger partial charge in [0.2, 0.25) is 5.82 Å². The Hall–Kier alpha value is -7.54. The zero-order valence-corrected chi connectivity index (χ0v) is 43.0. The van der Waals surface area contributed by atoms with Gasteiger partial charge in [-0.15, -0.1) is 22.0 Å². The summed E-state index contributed by atoms with van der Waals surface area (Å²) >= 11 is 7.37. The molecule has 7 rings (SSSR count). The summed E-state index contributed by atoms with van der Waals surface area (Å²) in [4.78, 5) is 59.8. The predicted molar refractivity (Wildman–Crippen MR) is 279 cm³/mol. The Bertz CT molecular complexity index is 3000. The molecule has 0 saturated carbocycles. The fraction of sp³-hybridized carbons (Fsp3) is 0.296. The molecule has 380 valence electrons. The van der Waals surface area contributed by atoms with E-state index >= 15 is 0 Å². The summed E-state index contributed by atoms with van der Waals surface area (Å²) in [6.45, 7) is 9.40. The Morgan fingerprint density at radius 2 is 1.59 bits per heavy atom. The van der Waals surface area contributed by atoms with Gasteiger partial charge in [0.1, 0.15) is 17.2 Å². The smallest absolute Gasteiger partial charge is 0.414 e. The Kier molecular flexibility index (Phi) is 18.0. The van der Waals surface area contributed by atoms with Gasteiger partial charge >= 0.3 is 18.0 Å². The van der Waals surface area contributed by atoms with E-state index in [4.69, 9.17) is 35.5 Å². The first-order chi connectivity index (χ1) is 35.1. The second kappa shape index (κ2) is 24.7. The first-order valence-electron chi connectivity index (χ1n) is 23.6. The van der Waals surface area contributed by atoms with Crippen LogP contribution in [0.4, 0.5) is 16.2 Å². The molecule has 1 atom stereocenters. The minimum Gasteiger partial charge on any atom is -0.484 e. The number of rotatable bonds is 22. The first-order valence-corrected chi connectivity index (χ1v) is 25.0. The number of carboxylic acid groups (broad SMARTS) is 1. The van der Waals surface area contributed by atoms with E-state index in [9.17, 15) is 24.3 Å². The number of ether oxygens (including phenoxy) is 4. The molecule has 0 radical (unpaired) electrons. The normalized spacial score (nSPS) is 11.7. The monoisotopic (exact) mass is 1030 g/mol. The highest BCUT2D eigenvalue weighted by Crippen LogP contribution is 2.35. The van der Waals surface area contributed by atoms with Crippen molar-refractivity contribution < 1.29 is 43.2 Å². The average molecular weight is 1030 g/mol. The number of H-pyrrole nitrogens is 1. The molecule has 1 unspecified atom stereocenters. The van der Waals surface area contributed by atoms with E-state index in [1.807, 2.05) is 59.2 Å². The number of aliphatic carboxylic acids is 1. The van der Waals surface area contributed by atoms with E-state index in [1.54, 1.807) is 95.4 Å². The predicted octanol–water partition coefficient (Wildman–Crippen LogP) is 10.5. The molecule has 5 aromatic carbocycles. The van der Waals surface area contributed by atoms with Gasteiger partial charge in [0.05, 0.1) is 30.3 Å². The number of halogens is 1. The molecular weight excluding hydrogens is 972 g/mol. The highest BCUT2D eigenvalue weighted by atomic mass is 35.5. The number of carbonyl (C=O) groups is 4. The van der Waals surface area contributed by atoms with E-state index in [0.717, 1.165) is 45.0 Å². The van der Waals surface area contributed by atoms with E-state index in [-0.39, 0.29) is 32.0 Å². The average Bonchev–Trinajstić information content (AvgIpc) is 4.03. The van der Waals surface area contributed by atoms with Crippen LogP contribution in [-0.4, -0.2) is 91.2 Å². The van der Waals surface area contributed by atoms with Gasteiger partial charge in [0.25, 0.3) is 5.91 Å². The maximum absolute atomic E-state index is 13.8. The number of carbonyl (C=O) groups excluding carboxylic acids is 3. The fourth-order valence-corrected chi connectivity index (χ4v) is 8.67. The van der Waals surface area contributed by atoms with Crippen LogP contribution in [0, 0.1) is 0 Å². The van der Waals surface area contributed by atoms with E-state index in [2.05, 4.69) is 32.9 Å². The molecule has 0 aliphatic rings. The first kappa shape index (κ1) is 53.3. The summed E-state index contributed by atoms with van der Waals surface area (Å²) in [5.74, 6) is -0.170. The number of esters is 1. The number of aromatic nitrogens is 6. The molecule has 2 amide bonds. The van der Waals surface area contributed by atoms with Crippen LogP contribution in [0.5, 0.6) is 5.75 Å². The lowest BCUT2D eigenvalue weighted by atomic mass is 9.98. The SMILES string of the molecule is CCCc1nc(CSc2ccc(NC(=O)COc3ccc(CC(OCc4ccc(Cl)cc4)C(=O)O)cc3)c(N(C)C(=O)OC(C)(C)C)c2)c(C(=O)OCC)n1Cc1ccc(-c2ccccc2-c2nn[nH]n2)cc1. The third kappa shape index (κ3) is 14.6. The molecule has 0 fully saturated rings. The number of aryl methyl sites for hydroxylation is 1. The number of tetrazole rings is 1. The zero-order valence-electron chi connectivity index (χ0n) is 41.4. The second-order valence-electron chi connectivity index (χ2n) is 17.8. The van der Waals surface area contributed by atoms with Crippen LogP contribution in [0.15, 0.2) is 120 Å². The highest BCUT2D eigenvalue weighted by Gasteiger charge is 2.27. The number of nitrogens with zero attached hydrogens (tertiary/aromatic N) is 6. The summed E-state index contributed by atoms with van der Waals surface area (Å²) in [5, 5.41) is 27.8. The van der Waals surface area contributed by atoms with Crippen molar-refractivity contribution >= 4 is 58.7 Å². The summed E-state index contributed by atoms with van der Waals surface area (Å²) in [6, 6.07) is 34.9. The number of benzene rings is 5. The molecule has 7 aromatic rings. The quantitative estimate of drug-likeness (QED) is 0.0426. The van der Waals surface area contributed by atoms with Crippen LogP contribution in [0.2, 0.25) is 5.02 Å². The number of imidazole rings is 1. The molecule has 0 saturated heterocycles. The Balaban J connectivity index is 1.06. The summed E-state index contributed by atoms with van der Waals surface area (Å²) < 4.78 is 24.8. The molecule has 2 aromatic heterocycles. The van der Waals surface area contributed by atoms with Crippen molar-refractivity contribution in [3.05, 3.63) is 154 Å². The number of hydrogen-bond acceptors (Lipinski definition) is 13. The van der Waals surface area contributed by atoms with Crippen LogP contribution in [0.1, 0.15) is 79.7 Å². The van der Waals surface area contributed by atoms with Crippen molar-refractivity contribution in [2.45, 2.75) is 89.4 Å². The van der Waals surface area contributed by atoms with Crippen molar-refractivity contribution in [3.63, 3.8) is 0 Å². The van der Waals surface area contributed by atoms with Crippen molar-refractivity contribution in [1.29, 1.82) is 0 Å². The van der Waals surface area contributed by atoms with E-state index < -0.39 is 35.6 Å². The molecule has 17 nitrogen and oxygen atoms in total. The van der Waals surface area contributed by atoms with Gasteiger partial charge in [0.15, 0.2) is 18.4 Å². The van der Waals surface area contributed by atoms with Crippen molar-refractivity contribution in [2.24, 2.45) is 0 Å². The molecular formula is C54H57ClN8O9S. The second-order valence-corrected chi connectivity index (χ2v) is 19.3. The largest absolute Gasteiger partial charge is 0.484 e. The van der Waals surface area contributed by atoms with Gasteiger partial charge in [-0.3, -0.25) is 9.69 Å².